The Hall–Kier alpha value is -1.63. The van der Waals surface area contributed by atoms with Crippen molar-refractivity contribution in [2.24, 2.45) is 5.92 Å². The number of hydrazine groups is 1. The number of ether oxygens (including phenoxy) is 1. The fourth-order valence-corrected chi connectivity index (χ4v) is 2.58. The molecule has 0 aliphatic carbocycles. The second-order valence-electron chi connectivity index (χ2n) is 5.42. The summed E-state index contributed by atoms with van der Waals surface area (Å²) < 4.78 is 5.17. The Labute approximate surface area is 132 Å². The van der Waals surface area contributed by atoms with Gasteiger partial charge >= 0.3 is 0 Å². The second kappa shape index (κ2) is 8.73. The predicted octanol–water partition coefficient (Wildman–Crippen LogP) is 0.576. The highest BCUT2D eigenvalue weighted by atomic mass is 16.5. The monoisotopic (exact) mass is 306 g/mol. The number of amides is 1. The van der Waals surface area contributed by atoms with E-state index in [9.17, 15) is 4.79 Å². The van der Waals surface area contributed by atoms with Crippen LogP contribution in [0, 0.1) is 5.92 Å². The molecule has 122 valence electrons. The predicted molar refractivity (Wildman–Crippen MR) is 86.5 cm³/mol. The lowest BCUT2D eigenvalue weighted by Gasteiger charge is -2.18. The molecule has 1 aliphatic rings. The van der Waals surface area contributed by atoms with Gasteiger partial charge in [0.1, 0.15) is 5.75 Å². The lowest BCUT2D eigenvalue weighted by molar-refractivity contribution is -0.124. The number of nitrogens with one attached hydrogen (secondary N) is 4. The molecule has 22 heavy (non-hydrogen) atoms. The Bertz CT molecular complexity index is 464. The number of benzene rings is 1. The van der Waals surface area contributed by atoms with E-state index in [1.807, 2.05) is 24.3 Å². The van der Waals surface area contributed by atoms with Crippen LogP contribution in [0.4, 0.5) is 0 Å². The zero-order valence-electron chi connectivity index (χ0n) is 13.3. The number of rotatable bonds is 8. The fourth-order valence-electron chi connectivity index (χ4n) is 2.58. The van der Waals surface area contributed by atoms with Crippen molar-refractivity contribution in [1.29, 1.82) is 0 Å². The molecule has 1 amide bonds. The van der Waals surface area contributed by atoms with Gasteiger partial charge in [0.15, 0.2) is 0 Å². The minimum absolute atomic E-state index is 0.0190. The van der Waals surface area contributed by atoms with Crippen molar-refractivity contribution in [3.8, 4) is 5.75 Å². The van der Waals surface area contributed by atoms with Crippen LogP contribution in [0.2, 0.25) is 0 Å². The average molecular weight is 306 g/mol. The molecule has 0 saturated carbocycles. The molecule has 0 spiro atoms. The highest BCUT2D eigenvalue weighted by Gasteiger charge is 2.33. The van der Waals surface area contributed by atoms with Crippen molar-refractivity contribution < 1.29 is 9.53 Å². The van der Waals surface area contributed by atoms with Gasteiger partial charge in [-0.15, -0.1) is 0 Å². The SMILES string of the molecule is CCCNCCNC(=O)C1CNNC1c1ccc(OC)cc1. The third kappa shape index (κ3) is 4.43. The smallest absolute Gasteiger partial charge is 0.226 e. The molecule has 2 rings (SSSR count). The third-order valence-electron chi connectivity index (χ3n) is 3.82. The van der Waals surface area contributed by atoms with Crippen molar-refractivity contribution in [3.63, 3.8) is 0 Å². The van der Waals surface area contributed by atoms with Crippen molar-refractivity contribution in [3.05, 3.63) is 29.8 Å². The highest BCUT2D eigenvalue weighted by Crippen LogP contribution is 2.26. The highest BCUT2D eigenvalue weighted by molar-refractivity contribution is 5.80. The first-order valence-corrected chi connectivity index (χ1v) is 7.87. The number of methoxy groups -OCH3 is 1. The third-order valence-corrected chi connectivity index (χ3v) is 3.82. The molecular weight excluding hydrogens is 280 g/mol. The molecule has 6 nitrogen and oxygen atoms in total. The molecule has 1 aromatic rings. The van der Waals surface area contributed by atoms with Gasteiger partial charge in [0.05, 0.1) is 19.1 Å². The number of hydrogen-bond acceptors (Lipinski definition) is 5. The van der Waals surface area contributed by atoms with Crippen LogP contribution in [-0.4, -0.2) is 39.2 Å². The summed E-state index contributed by atoms with van der Waals surface area (Å²) in [5.41, 5.74) is 7.35. The Morgan fingerprint density at radius 1 is 1.27 bits per heavy atom. The lowest BCUT2D eigenvalue weighted by atomic mass is 9.94. The molecule has 1 heterocycles. The molecule has 2 unspecified atom stereocenters. The van der Waals surface area contributed by atoms with Crippen molar-refractivity contribution in [2.45, 2.75) is 19.4 Å². The number of hydrogen-bond donors (Lipinski definition) is 4. The molecule has 0 aromatic heterocycles. The summed E-state index contributed by atoms with van der Waals surface area (Å²) in [5, 5.41) is 6.28. The maximum atomic E-state index is 12.3. The lowest BCUT2D eigenvalue weighted by Crippen LogP contribution is -2.38. The molecule has 2 atom stereocenters. The summed E-state index contributed by atoms with van der Waals surface area (Å²) in [7, 11) is 1.65. The Balaban J connectivity index is 1.87. The van der Waals surface area contributed by atoms with Gasteiger partial charge in [-0.2, -0.15) is 0 Å². The summed E-state index contributed by atoms with van der Waals surface area (Å²) in [5.74, 6) is 0.786. The quantitative estimate of drug-likeness (QED) is 0.529. The van der Waals surface area contributed by atoms with E-state index in [1.165, 1.54) is 0 Å². The van der Waals surface area contributed by atoms with Gasteiger partial charge in [0, 0.05) is 19.6 Å². The van der Waals surface area contributed by atoms with Crippen molar-refractivity contribution in [2.75, 3.05) is 33.3 Å². The van der Waals surface area contributed by atoms with Gasteiger partial charge in [-0.05, 0) is 30.7 Å². The van der Waals surface area contributed by atoms with Crippen LogP contribution in [0.25, 0.3) is 0 Å². The molecule has 1 saturated heterocycles. The van der Waals surface area contributed by atoms with Crippen LogP contribution in [0.5, 0.6) is 5.75 Å². The molecule has 1 aliphatic heterocycles. The first-order valence-electron chi connectivity index (χ1n) is 7.87. The van der Waals surface area contributed by atoms with E-state index < -0.39 is 0 Å². The Kier molecular flexibility index (Phi) is 6.64. The minimum atomic E-state index is -0.112. The fraction of sp³-hybridized carbons (Fsp3) is 0.562. The van der Waals surface area contributed by atoms with Crippen molar-refractivity contribution >= 4 is 5.91 Å². The topological polar surface area (TPSA) is 74.4 Å². The van der Waals surface area contributed by atoms with Gasteiger partial charge in [-0.3, -0.25) is 10.2 Å². The summed E-state index contributed by atoms with van der Waals surface area (Å²) in [6.07, 6.45) is 1.10. The van der Waals surface area contributed by atoms with Crippen LogP contribution in [-0.2, 0) is 4.79 Å². The van der Waals surface area contributed by atoms with E-state index in [0.717, 1.165) is 30.8 Å². The average Bonchev–Trinajstić information content (AvgIpc) is 3.04. The first kappa shape index (κ1) is 16.7. The zero-order valence-corrected chi connectivity index (χ0v) is 13.3. The van der Waals surface area contributed by atoms with Crippen molar-refractivity contribution in [1.82, 2.24) is 21.5 Å². The molecule has 0 bridgehead atoms. The largest absolute Gasteiger partial charge is 0.497 e. The summed E-state index contributed by atoms with van der Waals surface area (Å²) in [4.78, 5) is 12.3. The Morgan fingerprint density at radius 2 is 2.05 bits per heavy atom. The van der Waals surface area contributed by atoms with Crippen LogP contribution in [0.15, 0.2) is 24.3 Å². The van der Waals surface area contributed by atoms with Gasteiger partial charge in [0.25, 0.3) is 0 Å². The molecule has 6 heteroatoms. The maximum Gasteiger partial charge on any atom is 0.226 e. The van der Waals surface area contributed by atoms with Crippen LogP contribution in [0.1, 0.15) is 24.9 Å². The van der Waals surface area contributed by atoms with E-state index in [1.54, 1.807) is 7.11 Å². The number of carbonyl (C=O) groups is 1. The van der Waals surface area contributed by atoms with E-state index >= 15 is 0 Å². The molecular formula is C16H26N4O2. The van der Waals surface area contributed by atoms with Gasteiger partial charge < -0.3 is 15.4 Å². The van der Waals surface area contributed by atoms with Crippen LogP contribution in [0.3, 0.4) is 0 Å². The molecule has 1 aromatic carbocycles. The Morgan fingerprint density at radius 3 is 2.73 bits per heavy atom. The van der Waals surface area contributed by atoms with E-state index in [2.05, 4.69) is 28.4 Å². The number of carbonyl (C=O) groups excluding carboxylic acids is 1. The molecule has 1 fully saturated rings. The van der Waals surface area contributed by atoms with E-state index in [-0.39, 0.29) is 17.9 Å². The molecule has 0 radical (unpaired) electrons. The zero-order chi connectivity index (χ0) is 15.8. The van der Waals surface area contributed by atoms with Crippen LogP contribution < -0.4 is 26.2 Å². The first-order chi connectivity index (χ1) is 10.8. The van der Waals surface area contributed by atoms with Gasteiger partial charge in [-0.25, -0.2) is 5.43 Å². The summed E-state index contributed by atoms with van der Waals surface area (Å²) in [6.45, 7) is 5.20. The minimum Gasteiger partial charge on any atom is -0.497 e. The molecule has 4 N–H and O–H groups in total. The van der Waals surface area contributed by atoms with Gasteiger partial charge in [0.2, 0.25) is 5.91 Å². The van der Waals surface area contributed by atoms with E-state index in [4.69, 9.17) is 4.74 Å². The second-order valence-corrected chi connectivity index (χ2v) is 5.42. The maximum absolute atomic E-state index is 12.3. The van der Waals surface area contributed by atoms with E-state index in [0.29, 0.717) is 13.1 Å². The van der Waals surface area contributed by atoms with Crippen LogP contribution >= 0.6 is 0 Å². The van der Waals surface area contributed by atoms with Gasteiger partial charge in [-0.1, -0.05) is 19.1 Å². The summed E-state index contributed by atoms with van der Waals surface area (Å²) in [6, 6.07) is 7.80. The summed E-state index contributed by atoms with van der Waals surface area (Å²) >= 11 is 0. The standard InChI is InChI=1S/C16H26N4O2/c1-3-8-17-9-10-18-16(21)14-11-19-20-15(14)12-4-6-13(22-2)7-5-12/h4-7,14-15,17,19-20H,3,8-11H2,1-2H3,(H,18,21). The normalized spacial score (nSPS) is 20.8.